The van der Waals surface area contributed by atoms with E-state index in [1.165, 1.54) is 11.3 Å². The molecule has 27 heavy (non-hydrogen) atoms. The van der Waals surface area contributed by atoms with Crippen molar-refractivity contribution < 1.29 is 13.2 Å². The van der Waals surface area contributed by atoms with Crippen LogP contribution in [0.15, 0.2) is 22.4 Å². The van der Waals surface area contributed by atoms with Gasteiger partial charge in [-0.2, -0.15) is 5.26 Å². The summed E-state index contributed by atoms with van der Waals surface area (Å²) in [6.07, 6.45) is 1.55. The predicted molar refractivity (Wildman–Crippen MR) is 105 cm³/mol. The molecule has 144 valence electrons. The molecule has 0 unspecified atom stereocenters. The van der Waals surface area contributed by atoms with Gasteiger partial charge in [-0.1, -0.05) is 0 Å². The molecule has 1 saturated carbocycles. The van der Waals surface area contributed by atoms with Crippen LogP contribution in [0.25, 0.3) is 10.1 Å². The number of benzene rings is 1. The first-order chi connectivity index (χ1) is 12.9. The van der Waals surface area contributed by atoms with Gasteiger partial charge in [0.2, 0.25) is 0 Å². The van der Waals surface area contributed by atoms with Crippen molar-refractivity contribution in [3.05, 3.63) is 29.3 Å². The quantitative estimate of drug-likeness (QED) is 0.815. The maximum Gasteiger partial charge on any atom is 0.250 e. The van der Waals surface area contributed by atoms with Crippen LogP contribution in [0.4, 0.5) is 0 Å². The van der Waals surface area contributed by atoms with Crippen molar-refractivity contribution in [2.75, 3.05) is 20.2 Å². The highest BCUT2D eigenvalue weighted by molar-refractivity contribution is 7.91. The van der Waals surface area contributed by atoms with Crippen molar-refractivity contribution in [1.29, 1.82) is 5.26 Å². The minimum Gasteiger partial charge on any atom is -0.380 e. The summed E-state index contributed by atoms with van der Waals surface area (Å²) in [4.78, 5) is 0. The molecule has 2 heterocycles. The van der Waals surface area contributed by atoms with Crippen LogP contribution in [-0.2, 0) is 14.8 Å². The fraction of sp³-hybridized carbons (Fsp3) is 0.526. The van der Waals surface area contributed by atoms with E-state index in [-0.39, 0.29) is 12.1 Å². The Morgan fingerprint density at radius 3 is 2.74 bits per heavy atom. The van der Waals surface area contributed by atoms with Gasteiger partial charge in [0, 0.05) is 17.9 Å². The number of thiophene rings is 1. The maximum absolute atomic E-state index is 13.2. The molecule has 2 N–H and O–H groups in total. The second kappa shape index (κ2) is 7.15. The van der Waals surface area contributed by atoms with Gasteiger partial charge in [-0.25, -0.2) is 13.1 Å². The van der Waals surface area contributed by atoms with Crippen molar-refractivity contribution in [1.82, 2.24) is 10.0 Å². The molecule has 6 nitrogen and oxygen atoms in total. The third kappa shape index (κ3) is 3.39. The number of hydrogen-bond acceptors (Lipinski definition) is 6. The lowest BCUT2D eigenvalue weighted by molar-refractivity contribution is 0.0194. The van der Waals surface area contributed by atoms with Gasteiger partial charge >= 0.3 is 0 Å². The Labute approximate surface area is 163 Å². The van der Waals surface area contributed by atoms with Crippen molar-refractivity contribution in [3.63, 3.8) is 0 Å². The molecule has 2 aliphatic rings. The van der Waals surface area contributed by atoms with E-state index in [4.69, 9.17) is 10.00 Å². The summed E-state index contributed by atoms with van der Waals surface area (Å²) in [7, 11) is -2.00. The van der Waals surface area contributed by atoms with Crippen molar-refractivity contribution >= 4 is 31.4 Å². The Balaban J connectivity index is 1.64. The van der Waals surface area contributed by atoms with Crippen LogP contribution in [-0.4, -0.2) is 40.8 Å². The molecular weight excluding hydrogens is 382 g/mol. The highest BCUT2D eigenvalue weighted by atomic mass is 32.2. The Hall–Kier alpha value is -1.50. The van der Waals surface area contributed by atoms with Gasteiger partial charge in [0.25, 0.3) is 10.0 Å². The number of ether oxygens (including phenoxy) is 1. The zero-order chi connectivity index (χ0) is 19.2. The van der Waals surface area contributed by atoms with E-state index in [0.717, 1.165) is 36.0 Å². The Morgan fingerprint density at radius 2 is 2.04 bits per heavy atom. The minimum atomic E-state index is -3.66. The molecule has 2 aromatic rings. The summed E-state index contributed by atoms with van der Waals surface area (Å²) in [6.45, 7) is 3.74. The van der Waals surface area contributed by atoms with E-state index in [1.54, 1.807) is 26.2 Å². The van der Waals surface area contributed by atoms with Crippen LogP contribution >= 0.6 is 11.3 Å². The summed E-state index contributed by atoms with van der Waals surface area (Å²) in [5.74, 6) is 1.05. The standard InChI is InChI=1S/C19H23N3O3S2/c1-11-15-5-12(8-20)3-4-18(15)26-19(11)27(23,24)22-16-6-13-9-21-10-14(13)7-17(16)25-2/h3-5,13-14,16-17,21-22H,6-7,9-10H2,1-2H3/t13-,14+,16-,17-/m0/s1. The third-order valence-electron chi connectivity index (χ3n) is 5.90. The average molecular weight is 406 g/mol. The highest BCUT2D eigenvalue weighted by Crippen LogP contribution is 2.37. The number of rotatable bonds is 4. The molecule has 1 aliphatic heterocycles. The number of hydrogen-bond donors (Lipinski definition) is 2. The van der Waals surface area contributed by atoms with Crippen LogP contribution in [0.3, 0.4) is 0 Å². The third-order valence-corrected chi connectivity index (χ3v) is 9.28. The molecule has 8 heteroatoms. The summed E-state index contributed by atoms with van der Waals surface area (Å²) in [5, 5.41) is 13.3. The van der Waals surface area contributed by atoms with E-state index in [0.29, 0.717) is 27.2 Å². The molecule has 2 fully saturated rings. The molecule has 4 atom stereocenters. The normalized spacial score (nSPS) is 28.2. The number of sulfonamides is 1. The molecule has 1 aromatic carbocycles. The number of methoxy groups -OCH3 is 1. The topological polar surface area (TPSA) is 91.2 Å². The average Bonchev–Trinajstić information content (AvgIpc) is 3.24. The van der Waals surface area contributed by atoms with Gasteiger partial charge in [0.1, 0.15) is 4.21 Å². The first kappa shape index (κ1) is 18.8. The fourth-order valence-electron chi connectivity index (χ4n) is 4.44. The summed E-state index contributed by atoms with van der Waals surface area (Å²) >= 11 is 1.25. The number of fused-ring (bicyclic) bond motifs is 2. The van der Waals surface area contributed by atoms with Gasteiger partial charge in [-0.05, 0) is 73.8 Å². The van der Waals surface area contributed by atoms with Crippen LogP contribution in [0, 0.1) is 30.1 Å². The van der Waals surface area contributed by atoms with Crippen molar-refractivity contribution in [2.45, 2.75) is 36.1 Å². The zero-order valence-corrected chi connectivity index (χ0v) is 17.0. The molecule has 1 aromatic heterocycles. The first-order valence-corrected chi connectivity index (χ1v) is 11.4. The summed E-state index contributed by atoms with van der Waals surface area (Å²) in [5.41, 5.74) is 1.23. The summed E-state index contributed by atoms with van der Waals surface area (Å²) in [6, 6.07) is 7.18. The van der Waals surface area contributed by atoms with Crippen LogP contribution < -0.4 is 10.0 Å². The second-order valence-electron chi connectivity index (χ2n) is 7.49. The molecule has 0 bridgehead atoms. The van der Waals surface area contributed by atoms with Gasteiger partial charge in [0.15, 0.2) is 0 Å². The molecule has 0 radical (unpaired) electrons. The number of nitrogens with one attached hydrogen (secondary N) is 2. The van der Waals surface area contributed by atoms with E-state index in [1.807, 2.05) is 6.07 Å². The molecule has 1 aliphatic carbocycles. The smallest absolute Gasteiger partial charge is 0.250 e. The van der Waals surface area contributed by atoms with E-state index in [2.05, 4.69) is 16.1 Å². The summed E-state index contributed by atoms with van der Waals surface area (Å²) < 4.78 is 36.1. The minimum absolute atomic E-state index is 0.110. The van der Waals surface area contributed by atoms with Gasteiger partial charge in [-0.15, -0.1) is 11.3 Å². The molecule has 0 spiro atoms. The molecule has 4 rings (SSSR count). The van der Waals surface area contributed by atoms with Crippen LogP contribution in [0.1, 0.15) is 24.0 Å². The molecule has 0 amide bonds. The van der Waals surface area contributed by atoms with E-state index < -0.39 is 10.0 Å². The molecule has 1 saturated heterocycles. The molecular formula is C19H23N3O3S2. The van der Waals surface area contributed by atoms with Gasteiger partial charge in [0.05, 0.1) is 17.7 Å². The Morgan fingerprint density at radius 1 is 1.30 bits per heavy atom. The van der Waals surface area contributed by atoms with Crippen LogP contribution in [0.5, 0.6) is 0 Å². The first-order valence-electron chi connectivity index (χ1n) is 9.12. The Kier molecular flexibility index (Phi) is 4.99. The van der Waals surface area contributed by atoms with Crippen molar-refractivity contribution in [2.24, 2.45) is 11.8 Å². The van der Waals surface area contributed by atoms with Crippen LogP contribution in [0.2, 0.25) is 0 Å². The SMILES string of the molecule is CO[C@H]1C[C@@H]2CNC[C@@H]2C[C@@H]1NS(=O)(=O)c1sc2ccc(C#N)cc2c1C. The maximum atomic E-state index is 13.2. The monoisotopic (exact) mass is 405 g/mol. The fourth-order valence-corrected chi connectivity index (χ4v) is 7.48. The number of aryl methyl sites for hydroxylation is 1. The zero-order valence-electron chi connectivity index (χ0n) is 15.4. The van der Waals surface area contributed by atoms with E-state index >= 15 is 0 Å². The second-order valence-corrected chi connectivity index (χ2v) is 10.5. The lowest BCUT2D eigenvalue weighted by Gasteiger charge is -2.37. The largest absolute Gasteiger partial charge is 0.380 e. The number of nitrogens with zero attached hydrogens (tertiary/aromatic N) is 1. The van der Waals surface area contributed by atoms with Gasteiger partial charge in [-0.3, -0.25) is 0 Å². The Bertz CT molecular complexity index is 1010. The number of nitriles is 1. The van der Waals surface area contributed by atoms with Crippen molar-refractivity contribution in [3.8, 4) is 6.07 Å². The van der Waals surface area contributed by atoms with E-state index in [9.17, 15) is 8.42 Å². The highest BCUT2D eigenvalue weighted by Gasteiger charge is 2.41. The predicted octanol–water partition coefficient (Wildman–Crippen LogP) is 2.37. The van der Waals surface area contributed by atoms with Gasteiger partial charge < -0.3 is 10.1 Å². The lowest BCUT2D eigenvalue weighted by atomic mass is 9.78. The lowest BCUT2D eigenvalue weighted by Crippen LogP contribution is -2.50.